The SMILES string of the molecule is CN(C)C(C1CCC1)C(C)(C)CC(=O)O. The van der Waals surface area contributed by atoms with Gasteiger partial charge in [0.1, 0.15) is 0 Å². The van der Waals surface area contributed by atoms with Crippen LogP contribution in [0, 0.1) is 11.3 Å². The van der Waals surface area contributed by atoms with Gasteiger partial charge in [0.15, 0.2) is 0 Å². The first-order valence-corrected chi connectivity index (χ1v) is 5.73. The number of nitrogens with zero attached hydrogens (tertiary/aromatic N) is 1. The predicted molar refractivity (Wildman–Crippen MR) is 60.8 cm³/mol. The van der Waals surface area contributed by atoms with E-state index in [1.165, 1.54) is 19.3 Å². The molecule has 0 bridgehead atoms. The standard InChI is InChI=1S/C12H23NO2/c1-12(2,8-10(14)15)11(13(3)4)9-6-5-7-9/h9,11H,5-8H2,1-4H3,(H,14,15). The van der Waals surface area contributed by atoms with Crippen LogP contribution in [0.2, 0.25) is 0 Å². The molecule has 0 aromatic heterocycles. The molecule has 1 fully saturated rings. The summed E-state index contributed by atoms with van der Waals surface area (Å²) in [6.07, 6.45) is 4.07. The fourth-order valence-corrected chi connectivity index (χ4v) is 3.01. The number of carboxylic acids is 1. The molecule has 0 radical (unpaired) electrons. The van der Waals surface area contributed by atoms with E-state index >= 15 is 0 Å². The molecule has 15 heavy (non-hydrogen) atoms. The molecule has 1 atom stereocenters. The average molecular weight is 213 g/mol. The Bertz CT molecular complexity index is 232. The number of hydrogen-bond donors (Lipinski definition) is 1. The van der Waals surface area contributed by atoms with Crippen molar-refractivity contribution >= 4 is 5.97 Å². The molecule has 88 valence electrons. The van der Waals surface area contributed by atoms with Gasteiger partial charge in [-0.1, -0.05) is 20.3 Å². The fraction of sp³-hybridized carbons (Fsp3) is 0.917. The fourth-order valence-electron chi connectivity index (χ4n) is 3.01. The van der Waals surface area contributed by atoms with E-state index in [1.54, 1.807) is 0 Å². The Balaban J connectivity index is 2.72. The lowest BCUT2D eigenvalue weighted by Gasteiger charge is -2.46. The highest BCUT2D eigenvalue weighted by atomic mass is 16.4. The first kappa shape index (κ1) is 12.5. The zero-order chi connectivity index (χ0) is 11.6. The first-order valence-electron chi connectivity index (χ1n) is 5.73. The molecule has 1 N–H and O–H groups in total. The van der Waals surface area contributed by atoms with E-state index in [4.69, 9.17) is 5.11 Å². The summed E-state index contributed by atoms with van der Waals surface area (Å²) in [7, 11) is 4.12. The zero-order valence-electron chi connectivity index (χ0n) is 10.3. The van der Waals surface area contributed by atoms with Crippen LogP contribution in [0.3, 0.4) is 0 Å². The van der Waals surface area contributed by atoms with E-state index in [1.807, 2.05) is 0 Å². The van der Waals surface area contributed by atoms with Crippen LogP contribution in [0.15, 0.2) is 0 Å². The highest BCUT2D eigenvalue weighted by Crippen LogP contribution is 2.41. The number of rotatable bonds is 5. The molecule has 1 aliphatic rings. The summed E-state index contributed by atoms with van der Waals surface area (Å²) in [5.74, 6) is 0.000485. The van der Waals surface area contributed by atoms with Gasteiger partial charge in [0.2, 0.25) is 0 Å². The van der Waals surface area contributed by atoms with Crippen molar-refractivity contribution in [3.8, 4) is 0 Å². The normalized spacial score (nSPS) is 20.1. The van der Waals surface area contributed by atoms with Crippen LogP contribution in [-0.4, -0.2) is 36.1 Å². The highest BCUT2D eigenvalue weighted by molar-refractivity contribution is 5.67. The van der Waals surface area contributed by atoms with Crippen LogP contribution in [0.1, 0.15) is 39.5 Å². The lowest BCUT2D eigenvalue weighted by Crippen LogP contribution is -2.49. The molecule has 1 aliphatic carbocycles. The second-order valence-corrected chi connectivity index (χ2v) is 5.66. The van der Waals surface area contributed by atoms with E-state index in [0.717, 1.165) is 0 Å². The summed E-state index contributed by atoms with van der Waals surface area (Å²) in [5.41, 5.74) is -0.138. The summed E-state index contributed by atoms with van der Waals surface area (Å²) < 4.78 is 0. The molecule has 1 saturated carbocycles. The average Bonchev–Trinajstić information content (AvgIpc) is 1.91. The molecule has 0 saturated heterocycles. The maximum absolute atomic E-state index is 10.9. The summed E-state index contributed by atoms with van der Waals surface area (Å²) in [6, 6.07) is 0.391. The number of carboxylic acid groups (broad SMARTS) is 1. The second kappa shape index (κ2) is 4.52. The predicted octanol–water partition coefficient (Wildman–Crippen LogP) is 2.22. The molecule has 1 rings (SSSR count). The summed E-state index contributed by atoms with van der Waals surface area (Å²) in [6.45, 7) is 4.15. The van der Waals surface area contributed by atoms with Crippen LogP contribution < -0.4 is 0 Å². The van der Waals surface area contributed by atoms with Gasteiger partial charge >= 0.3 is 5.97 Å². The van der Waals surface area contributed by atoms with Crippen LogP contribution in [0.4, 0.5) is 0 Å². The number of hydrogen-bond acceptors (Lipinski definition) is 2. The molecule has 3 heteroatoms. The van der Waals surface area contributed by atoms with Crippen molar-refractivity contribution in [3.05, 3.63) is 0 Å². The van der Waals surface area contributed by atoms with Gasteiger partial charge in [-0.3, -0.25) is 4.79 Å². The molecule has 0 amide bonds. The summed E-state index contributed by atoms with van der Waals surface area (Å²) in [5, 5.41) is 8.93. The van der Waals surface area contributed by atoms with Crippen LogP contribution in [0.5, 0.6) is 0 Å². The third kappa shape index (κ3) is 2.94. The van der Waals surface area contributed by atoms with Crippen LogP contribution >= 0.6 is 0 Å². The molecular weight excluding hydrogens is 190 g/mol. The molecule has 1 unspecified atom stereocenters. The minimum absolute atomic E-state index is 0.138. The Kier molecular flexibility index (Phi) is 3.77. The van der Waals surface area contributed by atoms with E-state index < -0.39 is 5.97 Å². The van der Waals surface area contributed by atoms with Gasteiger partial charge < -0.3 is 10.0 Å². The molecule has 0 heterocycles. The summed E-state index contributed by atoms with van der Waals surface area (Å²) >= 11 is 0. The van der Waals surface area contributed by atoms with E-state index in [2.05, 4.69) is 32.8 Å². The van der Waals surface area contributed by atoms with Gasteiger partial charge in [-0.2, -0.15) is 0 Å². The van der Waals surface area contributed by atoms with Crippen LogP contribution in [0.25, 0.3) is 0 Å². The maximum Gasteiger partial charge on any atom is 0.303 e. The van der Waals surface area contributed by atoms with Crippen molar-refractivity contribution in [2.45, 2.75) is 45.6 Å². The van der Waals surface area contributed by atoms with Crippen molar-refractivity contribution < 1.29 is 9.90 Å². The Hall–Kier alpha value is -0.570. The third-order valence-electron chi connectivity index (χ3n) is 3.56. The highest BCUT2D eigenvalue weighted by Gasteiger charge is 2.40. The monoisotopic (exact) mass is 213 g/mol. The Morgan fingerprint density at radius 1 is 1.47 bits per heavy atom. The molecule has 0 aromatic rings. The van der Waals surface area contributed by atoms with Crippen molar-refractivity contribution in [2.75, 3.05) is 14.1 Å². The molecule has 0 spiro atoms. The smallest absolute Gasteiger partial charge is 0.303 e. The van der Waals surface area contributed by atoms with Gasteiger partial charge in [0, 0.05) is 6.04 Å². The Morgan fingerprint density at radius 3 is 2.27 bits per heavy atom. The lowest BCUT2D eigenvalue weighted by atomic mass is 9.67. The van der Waals surface area contributed by atoms with Gasteiger partial charge in [0.05, 0.1) is 6.42 Å². The molecule has 0 aromatic carbocycles. The zero-order valence-corrected chi connectivity index (χ0v) is 10.3. The first-order chi connectivity index (χ1) is 6.84. The number of aliphatic carboxylic acids is 1. The second-order valence-electron chi connectivity index (χ2n) is 5.66. The van der Waals surface area contributed by atoms with Gasteiger partial charge in [-0.15, -0.1) is 0 Å². The maximum atomic E-state index is 10.9. The van der Waals surface area contributed by atoms with Crippen molar-refractivity contribution in [1.82, 2.24) is 4.90 Å². The van der Waals surface area contributed by atoms with E-state index in [9.17, 15) is 4.79 Å². The Labute approximate surface area is 92.5 Å². The number of carbonyl (C=O) groups is 1. The van der Waals surface area contributed by atoms with Crippen LogP contribution in [-0.2, 0) is 4.79 Å². The van der Waals surface area contributed by atoms with E-state index in [-0.39, 0.29) is 11.8 Å². The minimum Gasteiger partial charge on any atom is -0.481 e. The van der Waals surface area contributed by atoms with Crippen molar-refractivity contribution in [1.29, 1.82) is 0 Å². The topological polar surface area (TPSA) is 40.5 Å². The molecule has 3 nitrogen and oxygen atoms in total. The Morgan fingerprint density at radius 2 is 2.00 bits per heavy atom. The van der Waals surface area contributed by atoms with E-state index in [0.29, 0.717) is 12.0 Å². The van der Waals surface area contributed by atoms with Crippen molar-refractivity contribution in [2.24, 2.45) is 11.3 Å². The van der Waals surface area contributed by atoms with Crippen molar-refractivity contribution in [3.63, 3.8) is 0 Å². The van der Waals surface area contributed by atoms with Gasteiger partial charge in [-0.05, 0) is 38.3 Å². The summed E-state index contributed by atoms with van der Waals surface area (Å²) in [4.78, 5) is 13.1. The largest absolute Gasteiger partial charge is 0.481 e. The van der Waals surface area contributed by atoms with Gasteiger partial charge in [-0.25, -0.2) is 0 Å². The molecular formula is C12H23NO2. The quantitative estimate of drug-likeness (QED) is 0.761. The molecule has 0 aliphatic heterocycles. The van der Waals surface area contributed by atoms with Gasteiger partial charge in [0.25, 0.3) is 0 Å². The minimum atomic E-state index is -0.689. The lowest BCUT2D eigenvalue weighted by molar-refractivity contribution is -0.141. The third-order valence-corrected chi connectivity index (χ3v) is 3.56.